The second-order valence-corrected chi connectivity index (χ2v) is 11.1. The molecule has 0 bridgehead atoms. The van der Waals surface area contributed by atoms with Crippen molar-refractivity contribution < 1.29 is 22.7 Å². The number of hydrazone groups is 1. The van der Waals surface area contributed by atoms with Crippen LogP contribution in [0.5, 0.6) is 5.75 Å². The molecule has 0 aliphatic rings. The van der Waals surface area contributed by atoms with E-state index in [1.807, 2.05) is 6.92 Å². The number of benzene rings is 4. The molecule has 0 spiro atoms. The summed E-state index contributed by atoms with van der Waals surface area (Å²) in [6.45, 7) is 3.15. The molecule has 0 fully saturated rings. The Morgan fingerprint density at radius 2 is 1.57 bits per heavy atom. The summed E-state index contributed by atoms with van der Waals surface area (Å²) in [5.41, 5.74) is 5.03. The molecule has 4 aromatic rings. The monoisotopic (exact) mass is 575 g/mol. The normalized spacial score (nSPS) is 11.3. The van der Waals surface area contributed by atoms with Crippen molar-refractivity contribution in [2.75, 3.05) is 4.31 Å². The summed E-state index contributed by atoms with van der Waals surface area (Å²) in [4.78, 5) is 24.4. The number of anilines is 1. The van der Waals surface area contributed by atoms with Crippen LogP contribution in [0.15, 0.2) is 107 Å². The maximum Gasteiger partial charge on any atom is 0.308 e. The molecule has 0 aliphatic heterocycles. The van der Waals surface area contributed by atoms with Crippen molar-refractivity contribution in [1.29, 1.82) is 0 Å². The Hall–Kier alpha value is -4.47. The van der Waals surface area contributed by atoms with Crippen LogP contribution in [-0.2, 0) is 21.4 Å². The predicted octanol–water partition coefficient (Wildman–Crippen LogP) is 5.73. The number of rotatable bonds is 9. The molecule has 10 heteroatoms. The number of nitrogens with one attached hydrogen (secondary N) is 1. The number of ether oxygens (including phenoxy) is 1. The second-order valence-electron chi connectivity index (χ2n) is 8.83. The zero-order valence-electron chi connectivity index (χ0n) is 21.7. The fourth-order valence-corrected chi connectivity index (χ4v) is 5.39. The lowest BCUT2D eigenvalue weighted by Crippen LogP contribution is -2.33. The van der Waals surface area contributed by atoms with E-state index >= 15 is 0 Å². The van der Waals surface area contributed by atoms with Crippen LogP contribution in [0.25, 0.3) is 0 Å². The van der Waals surface area contributed by atoms with Crippen molar-refractivity contribution in [3.63, 3.8) is 0 Å². The second kappa shape index (κ2) is 12.6. The van der Waals surface area contributed by atoms with Crippen LogP contribution in [0.3, 0.4) is 0 Å². The lowest BCUT2D eigenvalue weighted by atomic mass is 10.1. The van der Waals surface area contributed by atoms with Crippen LogP contribution in [0, 0.1) is 6.92 Å². The highest BCUT2D eigenvalue weighted by molar-refractivity contribution is 7.92. The van der Waals surface area contributed by atoms with Gasteiger partial charge in [0.25, 0.3) is 15.9 Å². The van der Waals surface area contributed by atoms with Gasteiger partial charge in [0.15, 0.2) is 0 Å². The maximum atomic E-state index is 13.9. The SMILES string of the molecule is CC(=O)Oc1ccc(/C=N\NC(=O)c2ccccc2N(Cc2ccc(Cl)cc2)S(=O)(=O)c2ccc(C)cc2)cc1. The Morgan fingerprint density at radius 1 is 0.925 bits per heavy atom. The molecule has 4 rings (SSSR count). The van der Waals surface area contributed by atoms with Gasteiger partial charge in [-0.15, -0.1) is 0 Å². The van der Waals surface area contributed by atoms with Crippen molar-refractivity contribution in [3.05, 3.63) is 124 Å². The van der Waals surface area contributed by atoms with E-state index in [4.69, 9.17) is 16.3 Å². The highest BCUT2D eigenvalue weighted by Gasteiger charge is 2.28. The van der Waals surface area contributed by atoms with Gasteiger partial charge < -0.3 is 4.74 Å². The van der Waals surface area contributed by atoms with Gasteiger partial charge in [0.1, 0.15) is 5.75 Å². The number of sulfonamides is 1. The topological polar surface area (TPSA) is 105 Å². The highest BCUT2D eigenvalue weighted by Crippen LogP contribution is 2.30. The highest BCUT2D eigenvalue weighted by atomic mass is 35.5. The van der Waals surface area contributed by atoms with Crippen LogP contribution in [0.1, 0.15) is 34.0 Å². The van der Waals surface area contributed by atoms with E-state index in [9.17, 15) is 18.0 Å². The third-order valence-corrected chi connectivity index (χ3v) is 7.81. The largest absolute Gasteiger partial charge is 0.427 e. The first kappa shape index (κ1) is 28.5. The molecule has 8 nitrogen and oxygen atoms in total. The molecule has 1 amide bonds. The van der Waals surface area contributed by atoms with Gasteiger partial charge in [0.2, 0.25) is 0 Å². The van der Waals surface area contributed by atoms with E-state index in [-0.39, 0.29) is 22.7 Å². The van der Waals surface area contributed by atoms with Gasteiger partial charge in [-0.25, -0.2) is 13.8 Å². The molecular weight excluding hydrogens is 550 g/mol. The number of carbonyl (C=O) groups is 2. The summed E-state index contributed by atoms with van der Waals surface area (Å²) >= 11 is 6.04. The molecule has 0 unspecified atom stereocenters. The molecule has 0 radical (unpaired) electrons. The third-order valence-electron chi connectivity index (χ3n) is 5.79. The molecule has 204 valence electrons. The lowest BCUT2D eigenvalue weighted by Gasteiger charge is -2.26. The summed E-state index contributed by atoms with van der Waals surface area (Å²) in [6.07, 6.45) is 1.42. The summed E-state index contributed by atoms with van der Waals surface area (Å²) in [5, 5.41) is 4.54. The fourth-order valence-electron chi connectivity index (χ4n) is 3.79. The van der Waals surface area contributed by atoms with Gasteiger partial charge >= 0.3 is 5.97 Å². The van der Waals surface area contributed by atoms with E-state index < -0.39 is 21.9 Å². The van der Waals surface area contributed by atoms with E-state index in [1.165, 1.54) is 23.5 Å². The van der Waals surface area contributed by atoms with Crippen LogP contribution < -0.4 is 14.5 Å². The number of amides is 1. The Bertz CT molecular complexity index is 1640. The van der Waals surface area contributed by atoms with Gasteiger partial charge in [-0.3, -0.25) is 13.9 Å². The van der Waals surface area contributed by atoms with Gasteiger partial charge in [-0.05, 0) is 78.7 Å². The van der Waals surface area contributed by atoms with Crippen molar-refractivity contribution in [2.24, 2.45) is 5.10 Å². The molecule has 0 atom stereocenters. The average Bonchev–Trinajstić information content (AvgIpc) is 2.93. The Kier molecular flexibility index (Phi) is 8.98. The summed E-state index contributed by atoms with van der Waals surface area (Å²) in [5.74, 6) is -0.636. The van der Waals surface area contributed by atoms with Crippen LogP contribution in [0.4, 0.5) is 5.69 Å². The molecule has 4 aromatic carbocycles. The number of halogens is 1. The van der Waals surface area contributed by atoms with Crippen LogP contribution in [-0.4, -0.2) is 26.5 Å². The zero-order chi connectivity index (χ0) is 28.7. The van der Waals surface area contributed by atoms with Crippen molar-refractivity contribution in [3.8, 4) is 5.75 Å². The predicted molar refractivity (Wildman–Crippen MR) is 155 cm³/mol. The van der Waals surface area contributed by atoms with Crippen molar-refractivity contribution >= 4 is 45.4 Å². The molecule has 1 N–H and O–H groups in total. The molecule has 0 aromatic heterocycles. The number of esters is 1. The molecule has 0 heterocycles. The number of para-hydroxylation sites is 1. The third kappa shape index (κ3) is 7.13. The van der Waals surface area contributed by atoms with Crippen LogP contribution >= 0.6 is 11.6 Å². The first-order valence-corrected chi connectivity index (χ1v) is 14.0. The zero-order valence-corrected chi connectivity index (χ0v) is 23.3. The van der Waals surface area contributed by atoms with E-state index in [1.54, 1.807) is 91.0 Å². The fraction of sp³-hybridized carbons (Fsp3) is 0.100. The smallest absolute Gasteiger partial charge is 0.308 e. The van der Waals surface area contributed by atoms with E-state index in [0.717, 1.165) is 5.56 Å². The molecule has 0 saturated carbocycles. The van der Waals surface area contributed by atoms with Gasteiger partial charge in [-0.1, -0.05) is 53.6 Å². The Balaban J connectivity index is 1.64. The first-order chi connectivity index (χ1) is 19.1. The van der Waals surface area contributed by atoms with Crippen molar-refractivity contribution in [1.82, 2.24) is 5.43 Å². The summed E-state index contributed by atoms with van der Waals surface area (Å²) in [7, 11) is -4.07. The number of hydrogen-bond donors (Lipinski definition) is 1. The first-order valence-electron chi connectivity index (χ1n) is 12.2. The quantitative estimate of drug-likeness (QED) is 0.119. The number of nitrogens with zero attached hydrogens (tertiary/aromatic N) is 2. The number of carbonyl (C=O) groups excluding carboxylic acids is 2. The van der Waals surface area contributed by atoms with Gasteiger partial charge in [0, 0.05) is 11.9 Å². The average molecular weight is 576 g/mol. The van der Waals surface area contributed by atoms with E-state index in [2.05, 4.69) is 10.5 Å². The number of aryl methyl sites for hydroxylation is 1. The number of hydrogen-bond acceptors (Lipinski definition) is 6. The molecule has 0 aliphatic carbocycles. The Labute approximate surface area is 237 Å². The lowest BCUT2D eigenvalue weighted by molar-refractivity contribution is -0.131. The van der Waals surface area contributed by atoms with Gasteiger partial charge in [0.05, 0.1) is 28.9 Å². The molecular formula is C30H26ClN3O5S. The minimum atomic E-state index is -4.07. The van der Waals surface area contributed by atoms with Crippen molar-refractivity contribution in [2.45, 2.75) is 25.3 Å². The Morgan fingerprint density at radius 3 is 2.23 bits per heavy atom. The minimum absolute atomic E-state index is 0.0321. The standard InChI is InChI=1S/C30H26ClN3O5S/c1-21-7-17-27(18-8-21)40(37,38)34(20-24-9-13-25(31)14-10-24)29-6-4-3-5-28(29)30(36)33-32-19-23-11-15-26(16-12-23)39-22(2)35/h3-19H,20H2,1-2H3,(H,33,36)/b32-19-. The maximum absolute atomic E-state index is 13.9. The molecule has 0 saturated heterocycles. The van der Waals surface area contributed by atoms with E-state index in [0.29, 0.717) is 21.9 Å². The summed E-state index contributed by atoms with van der Waals surface area (Å²) < 4.78 is 34.0. The summed E-state index contributed by atoms with van der Waals surface area (Å²) in [6, 6.07) is 26.3. The minimum Gasteiger partial charge on any atom is -0.427 e. The molecule has 40 heavy (non-hydrogen) atoms. The van der Waals surface area contributed by atoms with Gasteiger partial charge in [-0.2, -0.15) is 5.10 Å². The van der Waals surface area contributed by atoms with Crippen LogP contribution in [0.2, 0.25) is 5.02 Å².